The van der Waals surface area contributed by atoms with E-state index in [1.54, 1.807) is 0 Å². The maximum Gasteiger partial charge on any atom is 0.259 e. The van der Waals surface area contributed by atoms with Crippen LogP contribution >= 0.6 is 0 Å². The van der Waals surface area contributed by atoms with Crippen molar-refractivity contribution in [2.45, 2.75) is 53.1 Å². The third kappa shape index (κ3) is 2.17. The van der Waals surface area contributed by atoms with Crippen molar-refractivity contribution in [2.24, 2.45) is 5.41 Å². The highest BCUT2D eigenvalue weighted by molar-refractivity contribution is 6.23. The Morgan fingerprint density at radius 2 is 1.95 bits per heavy atom. The molecule has 3 rings (SSSR count). The van der Waals surface area contributed by atoms with Crippen LogP contribution in [0.1, 0.15) is 77.1 Å². The van der Waals surface area contributed by atoms with Crippen molar-refractivity contribution in [3.05, 3.63) is 33.9 Å². The van der Waals surface area contributed by atoms with E-state index >= 15 is 0 Å². The largest absolute Gasteiger partial charge is 0.373 e. The highest BCUT2D eigenvalue weighted by Gasteiger charge is 2.45. The predicted molar refractivity (Wildman–Crippen MR) is 84.1 cm³/mol. The van der Waals surface area contributed by atoms with E-state index in [1.807, 2.05) is 6.92 Å². The fraction of sp³-hybridized carbons (Fsp3) is 0.556. The Kier molecular flexibility index (Phi) is 3.60. The number of imide groups is 1. The number of carbonyl (C=O) groups is 2. The molecule has 1 aliphatic heterocycles. The summed E-state index contributed by atoms with van der Waals surface area (Å²) in [6.45, 7) is 9.04. The molecule has 1 aromatic rings. The normalized spacial score (nSPS) is 21.7. The standard InChI is InChI=1S/C18H23NO3/c1-5-6-7-22-15-13-11(9-18(15,3)4)8-10(2)12-14(13)17(21)19-16(12)20/h8,15H,5-7,9H2,1-4H3,(H,19,20,21). The summed E-state index contributed by atoms with van der Waals surface area (Å²) in [4.78, 5) is 24.3. The smallest absolute Gasteiger partial charge is 0.259 e. The lowest BCUT2D eigenvalue weighted by atomic mass is 9.86. The predicted octanol–water partition coefficient (Wildman–Crippen LogP) is 3.32. The second-order valence-corrected chi connectivity index (χ2v) is 7.07. The van der Waals surface area contributed by atoms with Gasteiger partial charge in [-0.3, -0.25) is 14.9 Å². The Labute approximate surface area is 131 Å². The lowest BCUT2D eigenvalue weighted by Crippen LogP contribution is -2.23. The van der Waals surface area contributed by atoms with Crippen LogP contribution in [0.25, 0.3) is 0 Å². The molecule has 1 aromatic carbocycles. The summed E-state index contributed by atoms with van der Waals surface area (Å²) in [6.07, 6.45) is 2.82. The first-order chi connectivity index (χ1) is 10.4. The van der Waals surface area contributed by atoms with Gasteiger partial charge < -0.3 is 4.74 Å². The molecule has 118 valence electrons. The molecule has 4 nitrogen and oxygen atoms in total. The highest BCUT2D eigenvalue weighted by atomic mass is 16.5. The summed E-state index contributed by atoms with van der Waals surface area (Å²) in [5.41, 5.74) is 3.97. The minimum absolute atomic E-state index is 0.0659. The summed E-state index contributed by atoms with van der Waals surface area (Å²) < 4.78 is 6.14. The maximum atomic E-state index is 12.3. The number of hydrogen-bond donors (Lipinski definition) is 1. The third-order valence-electron chi connectivity index (χ3n) is 4.73. The molecule has 1 atom stereocenters. The minimum Gasteiger partial charge on any atom is -0.373 e. The molecular formula is C18H23NO3. The molecule has 2 amide bonds. The number of hydrogen-bond acceptors (Lipinski definition) is 3. The number of rotatable bonds is 4. The molecule has 0 saturated heterocycles. The van der Waals surface area contributed by atoms with Crippen LogP contribution in [-0.2, 0) is 11.2 Å². The van der Waals surface area contributed by atoms with Crippen LogP contribution in [0.2, 0.25) is 0 Å². The van der Waals surface area contributed by atoms with Gasteiger partial charge in [-0.15, -0.1) is 0 Å². The van der Waals surface area contributed by atoms with Gasteiger partial charge in [-0.25, -0.2) is 0 Å². The molecular weight excluding hydrogens is 278 g/mol. The number of carbonyl (C=O) groups excluding carboxylic acids is 2. The van der Waals surface area contributed by atoms with Crippen molar-refractivity contribution >= 4 is 11.8 Å². The van der Waals surface area contributed by atoms with Gasteiger partial charge in [-0.2, -0.15) is 0 Å². The number of benzene rings is 1. The van der Waals surface area contributed by atoms with E-state index in [4.69, 9.17) is 4.74 Å². The van der Waals surface area contributed by atoms with Crippen molar-refractivity contribution in [3.8, 4) is 0 Å². The number of unbranched alkanes of at least 4 members (excludes halogenated alkanes) is 1. The number of aryl methyl sites for hydroxylation is 1. The van der Waals surface area contributed by atoms with Crippen LogP contribution in [0.4, 0.5) is 0 Å². The first-order valence-electron chi connectivity index (χ1n) is 8.00. The van der Waals surface area contributed by atoms with E-state index < -0.39 is 0 Å². The third-order valence-corrected chi connectivity index (χ3v) is 4.73. The van der Waals surface area contributed by atoms with Gasteiger partial charge in [0.05, 0.1) is 17.2 Å². The van der Waals surface area contributed by atoms with Crippen molar-refractivity contribution in [2.75, 3.05) is 6.61 Å². The van der Waals surface area contributed by atoms with E-state index in [2.05, 4.69) is 32.2 Å². The van der Waals surface area contributed by atoms with Gasteiger partial charge in [-0.1, -0.05) is 33.3 Å². The number of fused-ring (bicyclic) bond motifs is 3. The Morgan fingerprint density at radius 1 is 1.27 bits per heavy atom. The molecule has 0 bridgehead atoms. The molecule has 0 fully saturated rings. The number of amides is 2. The topological polar surface area (TPSA) is 55.4 Å². The Balaban J connectivity index is 2.11. The molecule has 1 aliphatic carbocycles. The van der Waals surface area contributed by atoms with Crippen LogP contribution in [0, 0.1) is 12.3 Å². The second-order valence-electron chi connectivity index (χ2n) is 7.07. The summed E-state index contributed by atoms with van der Waals surface area (Å²) in [7, 11) is 0. The fourth-order valence-corrected chi connectivity index (χ4v) is 3.73. The molecule has 4 heteroatoms. The molecule has 1 unspecified atom stereocenters. The molecule has 2 aliphatic rings. The van der Waals surface area contributed by atoms with Crippen molar-refractivity contribution in [1.29, 1.82) is 0 Å². The maximum absolute atomic E-state index is 12.3. The zero-order valence-electron chi connectivity index (χ0n) is 13.7. The van der Waals surface area contributed by atoms with Gasteiger partial charge in [0.15, 0.2) is 0 Å². The van der Waals surface area contributed by atoms with Gasteiger partial charge >= 0.3 is 0 Å². The molecule has 0 aromatic heterocycles. The first-order valence-corrected chi connectivity index (χ1v) is 8.00. The van der Waals surface area contributed by atoms with Gasteiger partial charge in [-0.05, 0) is 41.9 Å². The zero-order chi connectivity index (χ0) is 16.1. The average Bonchev–Trinajstić information content (AvgIpc) is 2.84. The quantitative estimate of drug-likeness (QED) is 0.685. The van der Waals surface area contributed by atoms with E-state index in [0.717, 1.165) is 36.0 Å². The molecule has 0 spiro atoms. The molecule has 0 radical (unpaired) electrons. The Morgan fingerprint density at radius 3 is 2.64 bits per heavy atom. The van der Waals surface area contributed by atoms with E-state index in [0.29, 0.717) is 17.7 Å². The van der Waals surface area contributed by atoms with Crippen LogP contribution in [0.15, 0.2) is 6.07 Å². The lowest BCUT2D eigenvalue weighted by molar-refractivity contribution is -0.0177. The average molecular weight is 301 g/mol. The van der Waals surface area contributed by atoms with Crippen LogP contribution in [-0.4, -0.2) is 18.4 Å². The van der Waals surface area contributed by atoms with E-state index in [-0.39, 0.29) is 23.3 Å². The van der Waals surface area contributed by atoms with Crippen LogP contribution in [0.5, 0.6) is 0 Å². The molecule has 0 saturated carbocycles. The monoisotopic (exact) mass is 301 g/mol. The van der Waals surface area contributed by atoms with Crippen LogP contribution in [0.3, 0.4) is 0 Å². The molecule has 22 heavy (non-hydrogen) atoms. The van der Waals surface area contributed by atoms with Crippen molar-refractivity contribution < 1.29 is 14.3 Å². The summed E-state index contributed by atoms with van der Waals surface area (Å²) in [5.74, 6) is -0.556. The molecule has 1 N–H and O–H groups in total. The SMILES string of the molecule is CCCCOC1c2c(cc(C)c3c2C(=O)NC3=O)CC1(C)C. The first kappa shape index (κ1) is 15.2. The number of ether oxygens (including phenoxy) is 1. The van der Waals surface area contributed by atoms with Crippen molar-refractivity contribution in [3.63, 3.8) is 0 Å². The highest BCUT2D eigenvalue weighted by Crippen LogP contribution is 2.50. The van der Waals surface area contributed by atoms with Gasteiger partial charge in [0, 0.05) is 6.61 Å². The van der Waals surface area contributed by atoms with E-state index in [9.17, 15) is 9.59 Å². The lowest BCUT2D eigenvalue weighted by Gasteiger charge is -2.28. The Bertz CT molecular complexity index is 661. The van der Waals surface area contributed by atoms with Crippen LogP contribution < -0.4 is 5.32 Å². The Hall–Kier alpha value is -1.68. The zero-order valence-corrected chi connectivity index (χ0v) is 13.7. The summed E-state index contributed by atoms with van der Waals surface area (Å²) in [5, 5.41) is 2.43. The second kappa shape index (κ2) is 5.20. The van der Waals surface area contributed by atoms with Gasteiger partial charge in [0.2, 0.25) is 0 Å². The summed E-state index contributed by atoms with van der Waals surface area (Å²) >= 11 is 0. The van der Waals surface area contributed by atoms with Gasteiger partial charge in [0.25, 0.3) is 11.8 Å². The van der Waals surface area contributed by atoms with Crippen molar-refractivity contribution in [1.82, 2.24) is 5.32 Å². The molecule has 1 heterocycles. The minimum atomic E-state index is -0.280. The summed E-state index contributed by atoms with van der Waals surface area (Å²) in [6, 6.07) is 2.05. The van der Waals surface area contributed by atoms with Gasteiger partial charge in [0.1, 0.15) is 0 Å². The van der Waals surface area contributed by atoms with E-state index in [1.165, 1.54) is 0 Å². The number of nitrogens with one attached hydrogen (secondary N) is 1. The fourth-order valence-electron chi connectivity index (χ4n) is 3.73.